The van der Waals surface area contributed by atoms with E-state index in [0.717, 1.165) is 17.1 Å². The molecule has 0 radical (unpaired) electrons. The molecule has 3 heteroatoms. The number of aromatic nitrogens is 2. The van der Waals surface area contributed by atoms with Crippen molar-refractivity contribution in [2.45, 2.75) is 40.0 Å². The number of nitrogens with zero attached hydrogens (tertiary/aromatic N) is 2. The van der Waals surface area contributed by atoms with E-state index in [1.807, 2.05) is 6.07 Å². The fraction of sp³-hybridized carbons (Fsp3) is 0.375. The lowest BCUT2D eigenvalue weighted by molar-refractivity contribution is 0.546. The smallest absolute Gasteiger partial charge is 0.136 e. The van der Waals surface area contributed by atoms with Crippen molar-refractivity contribution in [2.75, 3.05) is 0 Å². The molecule has 0 fully saturated rings. The Hall–Kier alpha value is -1.41. The molecule has 0 bridgehead atoms. The molecule has 0 spiro atoms. The summed E-state index contributed by atoms with van der Waals surface area (Å²) >= 11 is 6.13. The van der Waals surface area contributed by atoms with Gasteiger partial charge in [-0.15, -0.1) is 0 Å². The minimum Gasteiger partial charge on any atom is -0.232 e. The lowest BCUT2D eigenvalue weighted by Crippen LogP contribution is -2.16. The third kappa shape index (κ3) is 3.13. The number of halogens is 1. The van der Waals surface area contributed by atoms with Gasteiger partial charge in [0.2, 0.25) is 0 Å². The summed E-state index contributed by atoms with van der Waals surface area (Å²) in [5, 5.41) is 0.494. The minimum atomic E-state index is -0.112. The minimum absolute atomic E-state index is 0.112. The van der Waals surface area contributed by atoms with Crippen LogP contribution in [0.2, 0.25) is 5.15 Å². The molecule has 19 heavy (non-hydrogen) atoms. The predicted octanol–water partition coefficient (Wildman–Crippen LogP) is 4.71. The standard InChI is InChI=1S/C16H19ClN2/c1-10-6-7-12(8-11(10)2)13-9-14(17)19-15(18-13)16(3,4)5/h6-9H,1-5H3. The predicted molar refractivity (Wildman–Crippen MR) is 80.7 cm³/mol. The monoisotopic (exact) mass is 274 g/mol. The van der Waals surface area contributed by atoms with Gasteiger partial charge in [-0.1, -0.05) is 44.5 Å². The van der Waals surface area contributed by atoms with Crippen molar-refractivity contribution in [1.29, 1.82) is 0 Å². The molecule has 0 amide bonds. The summed E-state index contributed by atoms with van der Waals surface area (Å²) in [6.07, 6.45) is 0. The van der Waals surface area contributed by atoms with E-state index in [4.69, 9.17) is 11.6 Å². The zero-order valence-corrected chi connectivity index (χ0v) is 12.8. The van der Waals surface area contributed by atoms with Gasteiger partial charge in [0.1, 0.15) is 11.0 Å². The van der Waals surface area contributed by atoms with E-state index in [-0.39, 0.29) is 5.41 Å². The van der Waals surface area contributed by atoms with Crippen molar-refractivity contribution in [2.24, 2.45) is 0 Å². The Kier molecular flexibility index (Phi) is 3.64. The van der Waals surface area contributed by atoms with Crippen LogP contribution in [0.3, 0.4) is 0 Å². The molecule has 0 aliphatic heterocycles. The first-order valence-electron chi connectivity index (χ1n) is 6.40. The van der Waals surface area contributed by atoms with Crippen LogP contribution >= 0.6 is 11.6 Å². The molecule has 0 aliphatic carbocycles. The number of benzene rings is 1. The first-order chi connectivity index (χ1) is 8.77. The SMILES string of the molecule is Cc1ccc(-c2cc(Cl)nc(C(C)(C)C)n2)cc1C. The van der Waals surface area contributed by atoms with Gasteiger partial charge in [0.05, 0.1) is 5.69 Å². The maximum absolute atomic E-state index is 6.13. The summed E-state index contributed by atoms with van der Waals surface area (Å²) in [5.41, 5.74) is 4.38. The summed E-state index contributed by atoms with van der Waals surface area (Å²) in [6, 6.07) is 8.15. The summed E-state index contributed by atoms with van der Waals surface area (Å²) < 4.78 is 0. The van der Waals surface area contributed by atoms with Crippen LogP contribution in [-0.2, 0) is 5.41 Å². The van der Waals surface area contributed by atoms with Gasteiger partial charge >= 0.3 is 0 Å². The molecule has 1 heterocycles. The van der Waals surface area contributed by atoms with Crippen LogP contribution < -0.4 is 0 Å². The summed E-state index contributed by atoms with van der Waals surface area (Å²) in [5.74, 6) is 0.772. The molecule has 0 atom stereocenters. The molecule has 0 N–H and O–H groups in total. The Balaban J connectivity index is 2.56. The van der Waals surface area contributed by atoms with E-state index < -0.39 is 0 Å². The van der Waals surface area contributed by atoms with E-state index in [9.17, 15) is 0 Å². The zero-order chi connectivity index (χ0) is 14.2. The molecule has 0 aliphatic rings. The highest BCUT2D eigenvalue weighted by Crippen LogP contribution is 2.26. The maximum atomic E-state index is 6.13. The first kappa shape index (κ1) is 14.0. The number of hydrogen-bond donors (Lipinski definition) is 0. The Morgan fingerprint density at radius 1 is 0.947 bits per heavy atom. The van der Waals surface area contributed by atoms with Gasteiger partial charge in [0, 0.05) is 17.0 Å². The molecule has 0 saturated heterocycles. The van der Waals surface area contributed by atoms with E-state index in [0.29, 0.717) is 5.15 Å². The molecule has 1 aromatic heterocycles. The zero-order valence-electron chi connectivity index (χ0n) is 12.1. The molecule has 2 nitrogen and oxygen atoms in total. The maximum Gasteiger partial charge on any atom is 0.136 e. The molecule has 1 aromatic carbocycles. The Morgan fingerprint density at radius 3 is 2.21 bits per heavy atom. The van der Waals surface area contributed by atoms with Gasteiger partial charge in [0.15, 0.2) is 0 Å². The average molecular weight is 275 g/mol. The van der Waals surface area contributed by atoms with Crippen LogP contribution in [0, 0.1) is 13.8 Å². The third-order valence-corrected chi connectivity index (χ3v) is 3.36. The van der Waals surface area contributed by atoms with Crippen molar-refractivity contribution in [3.8, 4) is 11.3 Å². The Labute approximate surface area is 119 Å². The molecule has 100 valence electrons. The molecule has 2 rings (SSSR count). The van der Waals surface area contributed by atoms with Gasteiger partial charge < -0.3 is 0 Å². The van der Waals surface area contributed by atoms with Crippen molar-refractivity contribution < 1.29 is 0 Å². The fourth-order valence-electron chi connectivity index (χ4n) is 1.80. The molecular weight excluding hydrogens is 256 g/mol. The molecular formula is C16H19ClN2. The quantitative estimate of drug-likeness (QED) is 0.704. The van der Waals surface area contributed by atoms with Crippen LogP contribution in [0.5, 0.6) is 0 Å². The van der Waals surface area contributed by atoms with E-state index in [1.165, 1.54) is 11.1 Å². The van der Waals surface area contributed by atoms with Crippen LogP contribution in [0.4, 0.5) is 0 Å². The fourth-order valence-corrected chi connectivity index (χ4v) is 1.99. The summed E-state index contributed by atoms with van der Waals surface area (Å²) in [4.78, 5) is 8.98. The van der Waals surface area contributed by atoms with Crippen LogP contribution in [0.25, 0.3) is 11.3 Å². The highest BCUT2D eigenvalue weighted by atomic mass is 35.5. The second-order valence-electron chi connectivity index (χ2n) is 5.95. The van der Waals surface area contributed by atoms with Gasteiger partial charge in [-0.2, -0.15) is 0 Å². The normalized spacial score (nSPS) is 11.7. The van der Waals surface area contributed by atoms with Gasteiger partial charge in [-0.05, 0) is 31.0 Å². The van der Waals surface area contributed by atoms with Crippen molar-refractivity contribution >= 4 is 11.6 Å². The Bertz CT molecular complexity index is 613. The average Bonchev–Trinajstić information content (AvgIpc) is 2.31. The number of aryl methyl sites for hydroxylation is 2. The third-order valence-electron chi connectivity index (χ3n) is 3.17. The molecule has 2 aromatic rings. The van der Waals surface area contributed by atoms with Crippen molar-refractivity contribution in [3.63, 3.8) is 0 Å². The van der Waals surface area contributed by atoms with Crippen molar-refractivity contribution in [3.05, 3.63) is 46.4 Å². The highest BCUT2D eigenvalue weighted by Gasteiger charge is 2.19. The second-order valence-corrected chi connectivity index (χ2v) is 6.34. The van der Waals surface area contributed by atoms with Crippen LogP contribution in [-0.4, -0.2) is 9.97 Å². The topological polar surface area (TPSA) is 25.8 Å². The van der Waals surface area contributed by atoms with Crippen LogP contribution in [0.1, 0.15) is 37.7 Å². The van der Waals surface area contributed by atoms with Gasteiger partial charge in [-0.3, -0.25) is 0 Å². The lowest BCUT2D eigenvalue weighted by Gasteiger charge is -2.17. The summed E-state index contributed by atoms with van der Waals surface area (Å²) in [7, 11) is 0. The largest absolute Gasteiger partial charge is 0.232 e. The van der Waals surface area contributed by atoms with Crippen molar-refractivity contribution in [1.82, 2.24) is 9.97 Å². The number of rotatable bonds is 1. The van der Waals surface area contributed by atoms with Crippen LogP contribution in [0.15, 0.2) is 24.3 Å². The first-order valence-corrected chi connectivity index (χ1v) is 6.78. The van der Waals surface area contributed by atoms with E-state index >= 15 is 0 Å². The van der Waals surface area contributed by atoms with E-state index in [2.05, 4.69) is 62.8 Å². The lowest BCUT2D eigenvalue weighted by atomic mass is 9.95. The molecule has 0 unspecified atom stereocenters. The van der Waals surface area contributed by atoms with Gasteiger partial charge in [0.25, 0.3) is 0 Å². The Morgan fingerprint density at radius 2 is 1.63 bits per heavy atom. The second kappa shape index (κ2) is 4.93. The van der Waals surface area contributed by atoms with E-state index in [1.54, 1.807) is 0 Å². The highest BCUT2D eigenvalue weighted by molar-refractivity contribution is 6.29. The van der Waals surface area contributed by atoms with Gasteiger partial charge in [-0.25, -0.2) is 9.97 Å². The summed E-state index contributed by atoms with van der Waals surface area (Å²) in [6.45, 7) is 10.5. The molecule has 0 saturated carbocycles. The number of hydrogen-bond acceptors (Lipinski definition) is 2.